The van der Waals surface area contributed by atoms with Gasteiger partial charge in [-0.2, -0.15) is 0 Å². The van der Waals surface area contributed by atoms with Gasteiger partial charge in [0.1, 0.15) is 11.6 Å². The third kappa shape index (κ3) is 4.80. The molecular weight excluding hydrogens is 368 g/mol. The van der Waals surface area contributed by atoms with Gasteiger partial charge in [0.05, 0.1) is 0 Å². The fourth-order valence-corrected chi connectivity index (χ4v) is 4.03. The molecule has 1 unspecified atom stereocenters. The van der Waals surface area contributed by atoms with Crippen molar-refractivity contribution in [1.82, 2.24) is 9.88 Å². The van der Waals surface area contributed by atoms with E-state index in [0.29, 0.717) is 0 Å². The van der Waals surface area contributed by atoms with E-state index < -0.39 is 0 Å². The summed E-state index contributed by atoms with van der Waals surface area (Å²) in [5, 5.41) is 0. The molecule has 4 rings (SSSR count). The molecular formula is C24H25F2N3. The maximum Gasteiger partial charge on any atom is 0.123 e. The van der Waals surface area contributed by atoms with E-state index >= 15 is 0 Å². The molecule has 1 atom stereocenters. The van der Waals surface area contributed by atoms with Crippen molar-refractivity contribution in [1.29, 1.82) is 0 Å². The van der Waals surface area contributed by atoms with Gasteiger partial charge in [-0.15, -0.1) is 0 Å². The standard InChI is InChI=1S/C24H25F2N3/c1-28(23-8-10-27-11-9-23)12-13-29-17-19-4-7-22(26)15-20(19)16-24(29)14-18-2-5-21(25)6-3-18/h2-11,15,24H,12-14,16-17H2,1H3. The Balaban J connectivity index is 1.51. The molecule has 2 aromatic carbocycles. The Morgan fingerprint density at radius 2 is 1.69 bits per heavy atom. The van der Waals surface area contributed by atoms with Gasteiger partial charge in [-0.3, -0.25) is 9.88 Å². The zero-order valence-electron chi connectivity index (χ0n) is 16.6. The molecule has 1 aliphatic rings. The summed E-state index contributed by atoms with van der Waals surface area (Å²) >= 11 is 0. The highest BCUT2D eigenvalue weighted by Crippen LogP contribution is 2.26. The van der Waals surface area contributed by atoms with Gasteiger partial charge in [-0.05, 0) is 65.9 Å². The van der Waals surface area contributed by atoms with Crippen molar-refractivity contribution in [3.63, 3.8) is 0 Å². The number of nitrogens with zero attached hydrogens (tertiary/aromatic N) is 3. The number of pyridine rings is 1. The third-order valence-electron chi connectivity index (χ3n) is 5.72. The summed E-state index contributed by atoms with van der Waals surface area (Å²) in [4.78, 5) is 8.76. The molecule has 3 aromatic rings. The Labute approximate surface area is 170 Å². The van der Waals surface area contributed by atoms with Crippen LogP contribution in [0.15, 0.2) is 67.0 Å². The predicted molar refractivity (Wildman–Crippen MR) is 112 cm³/mol. The van der Waals surface area contributed by atoms with Gasteiger partial charge in [0.15, 0.2) is 0 Å². The predicted octanol–water partition coefficient (Wildman–Crippen LogP) is 4.47. The number of anilines is 1. The van der Waals surface area contributed by atoms with Gasteiger partial charge in [0.25, 0.3) is 0 Å². The molecule has 3 nitrogen and oxygen atoms in total. The molecule has 150 valence electrons. The number of hydrogen-bond donors (Lipinski definition) is 0. The zero-order chi connectivity index (χ0) is 20.2. The van der Waals surface area contributed by atoms with E-state index in [-0.39, 0.29) is 17.7 Å². The van der Waals surface area contributed by atoms with E-state index in [1.165, 1.54) is 17.7 Å². The lowest BCUT2D eigenvalue weighted by molar-refractivity contribution is 0.174. The van der Waals surface area contributed by atoms with Crippen LogP contribution in [0.5, 0.6) is 0 Å². The van der Waals surface area contributed by atoms with Crippen molar-refractivity contribution in [3.8, 4) is 0 Å². The van der Waals surface area contributed by atoms with Gasteiger partial charge < -0.3 is 4.90 Å². The third-order valence-corrected chi connectivity index (χ3v) is 5.72. The second-order valence-electron chi connectivity index (χ2n) is 7.70. The Morgan fingerprint density at radius 3 is 2.45 bits per heavy atom. The lowest BCUT2D eigenvalue weighted by atomic mass is 9.90. The van der Waals surface area contributed by atoms with E-state index in [1.807, 2.05) is 30.3 Å². The molecule has 0 saturated heterocycles. The Kier molecular flexibility index (Phi) is 5.86. The molecule has 0 N–H and O–H groups in total. The minimum Gasteiger partial charge on any atom is -0.373 e. The first kappa shape index (κ1) is 19.5. The zero-order valence-corrected chi connectivity index (χ0v) is 16.6. The SMILES string of the molecule is CN(CCN1Cc2ccc(F)cc2CC1Cc1ccc(F)cc1)c1ccncc1. The summed E-state index contributed by atoms with van der Waals surface area (Å²) in [6.07, 6.45) is 5.21. The number of rotatable bonds is 6. The molecule has 0 spiro atoms. The first-order valence-corrected chi connectivity index (χ1v) is 9.95. The van der Waals surface area contributed by atoms with Crippen molar-refractivity contribution >= 4 is 5.69 Å². The second kappa shape index (κ2) is 8.70. The lowest BCUT2D eigenvalue weighted by Crippen LogP contribution is -2.45. The highest BCUT2D eigenvalue weighted by molar-refractivity contribution is 5.43. The van der Waals surface area contributed by atoms with Crippen molar-refractivity contribution in [3.05, 3.63) is 95.3 Å². The van der Waals surface area contributed by atoms with Gasteiger partial charge in [-0.25, -0.2) is 8.78 Å². The van der Waals surface area contributed by atoms with Gasteiger partial charge >= 0.3 is 0 Å². The monoisotopic (exact) mass is 393 g/mol. The number of aromatic nitrogens is 1. The van der Waals surface area contributed by atoms with Crippen molar-refractivity contribution < 1.29 is 8.78 Å². The largest absolute Gasteiger partial charge is 0.373 e. The molecule has 0 saturated carbocycles. The molecule has 1 aliphatic heterocycles. The quantitative estimate of drug-likeness (QED) is 0.616. The number of fused-ring (bicyclic) bond motifs is 1. The molecule has 5 heteroatoms. The number of benzene rings is 2. The highest BCUT2D eigenvalue weighted by Gasteiger charge is 2.26. The van der Waals surface area contributed by atoms with Crippen LogP contribution in [-0.4, -0.2) is 36.1 Å². The Morgan fingerprint density at radius 1 is 0.966 bits per heavy atom. The van der Waals surface area contributed by atoms with Gasteiger partial charge in [-0.1, -0.05) is 18.2 Å². The first-order valence-electron chi connectivity index (χ1n) is 9.95. The molecule has 29 heavy (non-hydrogen) atoms. The summed E-state index contributed by atoms with van der Waals surface area (Å²) < 4.78 is 27.1. The summed E-state index contributed by atoms with van der Waals surface area (Å²) in [6, 6.07) is 16.1. The Bertz CT molecular complexity index is 944. The number of hydrogen-bond acceptors (Lipinski definition) is 3. The molecule has 1 aromatic heterocycles. The van der Waals surface area contributed by atoms with Crippen LogP contribution in [-0.2, 0) is 19.4 Å². The van der Waals surface area contributed by atoms with Crippen LogP contribution in [0.4, 0.5) is 14.5 Å². The fraction of sp³-hybridized carbons (Fsp3) is 0.292. The van der Waals surface area contributed by atoms with Crippen molar-refractivity contribution in [2.75, 3.05) is 25.0 Å². The van der Waals surface area contributed by atoms with E-state index in [2.05, 4.69) is 21.8 Å². The van der Waals surface area contributed by atoms with Gasteiger partial charge in [0, 0.05) is 50.8 Å². The van der Waals surface area contributed by atoms with Gasteiger partial charge in [0.2, 0.25) is 0 Å². The molecule has 0 fully saturated rings. The van der Waals surface area contributed by atoms with E-state index in [4.69, 9.17) is 0 Å². The van der Waals surface area contributed by atoms with Crippen LogP contribution in [0.25, 0.3) is 0 Å². The normalized spacial score (nSPS) is 16.4. The summed E-state index contributed by atoms with van der Waals surface area (Å²) in [5.41, 5.74) is 4.50. The lowest BCUT2D eigenvalue weighted by Gasteiger charge is -2.38. The smallest absolute Gasteiger partial charge is 0.123 e. The fourth-order valence-electron chi connectivity index (χ4n) is 4.03. The average Bonchev–Trinajstić information content (AvgIpc) is 2.74. The summed E-state index contributed by atoms with van der Waals surface area (Å²) in [7, 11) is 2.08. The molecule has 0 amide bonds. The minimum atomic E-state index is -0.222. The summed E-state index contributed by atoms with van der Waals surface area (Å²) in [5.74, 6) is -0.407. The first-order chi connectivity index (χ1) is 14.1. The average molecular weight is 393 g/mol. The number of halogens is 2. The van der Waals surface area contributed by atoms with Crippen molar-refractivity contribution in [2.24, 2.45) is 0 Å². The van der Waals surface area contributed by atoms with Crippen LogP contribution in [0.2, 0.25) is 0 Å². The number of likely N-dealkylation sites (N-methyl/N-ethyl adjacent to an activating group) is 1. The minimum absolute atomic E-state index is 0.185. The van der Waals surface area contributed by atoms with Crippen LogP contribution >= 0.6 is 0 Å². The Hall–Kier alpha value is -2.79. The van der Waals surface area contributed by atoms with Crippen molar-refractivity contribution in [2.45, 2.75) is 25.4 Å². The molecule has 0 aliphatic carbocycles. The van der Waals surface area contributed by atoms with Crippen LogP contribution in [0.3, 0.4) is 0 Å². The van der Waals surface area contributed by atoms with Crippen LogP contribution < -0.4 is 4.90 Å². The second-order valence-corrected chi connectivity index (χ2v) is 7.70. The molecule has 0 bridgehead atoms. The van der Waals surface area contributed by atoms with E-state index in [9.17, 15) is 8.78 Å². The van der Waals surface area contributed by atoms with E-state index in [0.717, 1.165) is 49.3 Å². The van der Waals surface area contributed by atoms with Crippen LogP contribution in [0.1, 0.15) is 16.7 Å². The maximum absolute atomic E-state index is 13.8. The van der Waals surface area contributed by atoms with Crippen LogP contribution in [0, 0.1) is 11.6 Å². The van der Waals surface area contributed by atoms with E-state index in [1.54, 1.807) is 24.5 Å². The maximum atomic E-state index is 13.8. The summed E-state index contributed by atoms with van der Waals surface area (Å²) in [6.45, 7) is 2.56. The molecule has 0 radical (unpaired) electrons. The molecule has 2 heterocycles. The topological polar surface area (TPSA) is 19.4 Å². The highest BCUT2D eigenvalue weighted by atomic mass is 19.1.